The van der Waals surface area contributed by atoms with Crippen molar-refractivity contribution < 1.29 is 18.7 Å². The van der Waals surface area contributed by atoms with Crippen molar-refractivity contribution in [2.24, 2.45) is 5.92 Å². The van der Waals surface area contributed by atoms with Gasteiger partial charge in [-0.3, -0.25) is 14.5 Å². The number of benzene rings is 2. The first-order chi connectivity index (χ1) is 13.3. The van der Waals surface area contributed by atoms with Crippen molar-refractivity contribution in [1.82, 2.24) is 4.90 Å². The second kappa shape index (κ2) is 8.80. The molecule has 0 bridgehead atoms. The van der Waals surface area contributed by atoms with Gasteiger partial charge in [-0.05, 0) is 59.1 Å². The summed E-state index contributed by atoms with van der Waals surface area (Å²) in [6.07, 6.45) is 1.67. The monoisotopic (exact) mass is 419 g/mol. The molecule has 0 N–H and O–H groups in total. The highest BCUT2D eigenvalue weighted by atomic mass is 35.5. The molecule has 0 atom stereocenters. The maximum Gasteiger partial charge on any atom is 0.293 e. The molecule has 0 radical (unpaired) electrons. The minimum atomic E-state index is -0.469. The van der Waals surface area contributed by atoms with E-state index in [4.69, 9.17) is 16.3 Å². The van der Waals surface area contributed by atoms with Crippen molar-refractivity contribution in [2.75, 3.05) is 6.61 Å². The first-order valence-corrected chi connectivity index (χ1v) is 9.95. The molecule has 1 aliphatic rings. The van der Waals surface area contributed by atoms with Crippen LogP contribution in [0.25, 0.3) is 6.08 Å². The molecule has 0 saturated carbocycles. The van der Waals surface area contributed by atoms with E-state index in [2.05, 4.69) is 13.8 Å². The zero-order valence-corrected chi connectivity index (χ0v) is 17.0. The molecule has 0 spiro atoms. The molecule has 1 fully saturated rings. The summed E-state index contributed by atoms with van der Waals surface area (Å²) in [7, 11) is 0. The van der Waals surface area contributed by atoms with Gasteiger partial charge in [-0.15, -0.1) is 0 Å². The van der Waals surface area contributed by atoms with Gasteiger partial charge in [0, 0.05) is 5.02 Å². The van der Waals surface area contributed by atoms with Gasteiger partial charge < -0.3 is 4.74 Å². The lowest BCUT2D eigenvalue weighted by Crippen LogP contribution is -2.27. The molecule has 4 nitrogen and oxygen atoms in total. The highest BCUT2D eigenvalue weighted by Crippen LogP contribution is 2.34. The van der Waals surface area contributed by atoms with Crippen LogP contribution in [0.3, 0.4) is 0 Å². The van der Waals surface area contributed by atoms with Crippen LogP contribution in [-0.4, -0.2) is 22.7 Å². The zero-order valence-electron chi connectivity index (χ0n) is 15.4. The van der Waals surface area contributed by atoms with E-state index >= 15 is 0 Å². The molecule has 146 valence electrons. The van der Waals surface area contributed by atoms with Crippen molar-refractivity contribution in [3.8, 4) is 5.75 Å². The van der Waals surface area contributed by atoms with Crippen molar-refractivity contribution in [3.05, 3.63) is 69.3 Å². The standard InChI is InChI=1S/C21H19ClFNO3S/c1-13(2)12-27-17-7-3-14(4-8-17)9-19-20(25)24(21(26)28-19)11-15-5-6-16(23)10-18(15)22/h3-10,13H,11-12H2,1-2H3/b19-9-. The molecule has 28 heavy (non-hydrogen) atoms. The van der Waals surface area contributed by atoms with Gasteiger partial charge in [0.05, 0.1) is 18.1 Å². The highest BCUT2D eigenvalue weighted by molar-refractivity contribution is 8.18. The van der Waals surface area contributed by atoms with Crippen LogP contribution in [0.4, 0.5) is 9.18 Å². The minimum Gasteiger partial charge on any atom is -0.493 e. The SMILES string of the molecule is CC(C)COc1ccc(/C=C2\SC(=O)N(Cc3ccc(F)cc3Cl)C2=O)cc1. The Bertz CT molecular complexity index is 928. The third kappa shape index (κ3) is 4.94. The minimum absolute atomic E-state index is 0.00308. The fourth-order valence-corrected chi connectivity index (χ4v) is 3.60. The summed E-state index contributed by atoms with van der Waals surface area (Å²) >= 11 is 6.88. The summed E-state index contributed by atoms with van der Waals surface area (Å²) in [5.74, 6) is 0.324. The number of amides is 2. The van der Waals surface area contributed by atoms with Crippen LogP contribution in [0.2, 0.25) is 5.02 Å². The van der Waals surface area contributed by atoms with E-state index in [0.29, 0.717) is 23.0 Å². The first kappa shape index (κ1) is 20.4. The normalized spacial score (nSPS) is 15.8. The molecular weight excluding hydrogens is 401 g/mol. The van der Waals surface area contributed by atoms with Crippen LogP contribution in [-0.2, 0) is 11.3 Å². The van der Waals surface area contributed by atoms with E-state index in [1.54, 1.807) is 6.08 Å². The molecule has 2 aromatic carbocycles. The second-order valence-electron chi connectivity index (χ2n) is 6.78. The van der Waals surface area contributed by atoms with E-state index < -0.39 is 11.7 Å². The molecule has 0 aromatic heterocycles. The number of nitrogens with zero attached hydrogens (tertiary/aromatic N) is 1. The lowest BCUT2D eigenvalue weighted by molar-refractivity contribution is -0.123. The van der Waals surface area contributed by atoms with Crippen LogP contribution < -0.4 is 4.74 Å². The van der Waals surface area contributed by atoms with E-state index in [0.717, 1.165) is 34.0 Å². The average molecular weight is 420 g/mol. The van der Waals surface area contributed by atoms with E-state index in [1.165, 1.54) is 12.1 Å². The predicted molar refractivity (Wildman–Crippen MR) is 110 cm³/mol. The fraction of sp³-hybridized carbons (Fsp3) is 0.238. The third-order valence-corrected chi connectivity index (χ3v) is 5.24. The van der Waals surface area contributed by atoms with Crippen LogP contribution >= 0.6 is 23.4 Å². The summed E-state index contributed by atoms with van der Waals surface area (Å²) in [4.78, 5) is 26.3. The summed E-state index contributed by atoms with van der Waals surface area (Å²) in [6.45, 7) is 4.78. The lowest BCUT2D eigenvalue weighted by atomic mass is 10.2. The van der Waals surface area contributed by atoms with Crippen LogP contribution in [0.5, 0.6) is 5.75 Å². The van der Waals surface area contributed by atoms with E-state index in [-0.39, 0.29) is 16.8 Å². The Labute approximate surface area is 172 Å². The Morgan fingerprint density at radius 3 is 2.54 bits per heavy atom. The number of halogens is 2. The maximum absolute atomic E-state index is 13.2. The van der Waals surface area contributed by atoms with Crippen molar-refractivity contribution in [1.29, 1.82) is 0 Å². The molecule has 2 amide bonds. The van der Waals surface area contributed by atoms with Crippen molar-refractivity contribution in [2.45, 2.75) is 20.4 Å². The van der Waals surface area contributed by atoms with Gasteiger partial charge in [-0.2, -0.15) is 0 Å². The van der Waals surface area contributed by atoms with Crippen LogP contribution in [0.1, 0.15) is 25.0 Å². The molecule has 3 rings (SSSR count). The average Bonchev–Trinajstić information content (AvgIpc) is 2.90. The summed E-state index contributed by atoms with van der Waals surface area (Å²) in [5, 5.41) is -0.200. The van der Waals surface area contributed by atoms with Gasteiger partial charge in [0.2, 0.25) is 0 Å². The summed E-state index contributed by atoms with van der Waals surface area (Å²) in [5.41, 5.74) is 1.31. The number of thioether (sulfide) groups is 1. The maximum atomic E-state index is 13.2. The van der Waals surface area contributed by atoms with E-state index in [1.807, 2.05) is 24.3 Å². The predicted octanol–water partition coefficient (Wildman–Crippen LogP) is 5.75. The summed E-state index contributed by atoms with van der Waals surface area (Å²) in [6, 6.07) is 11.2. The molecule has 1 heterocycles. The van der Waals surface area contributed by atoms with Gasteiger partial charge in [0.1, 0.15) is 11.6 Å². The number of hydrogen-bond acceptors (Lipinski definition) is 4. The molecule has 0 aliphatic carbocycles. The molecule has 2 aromatic rings. The summed E-state index contributed by atoms with van der Waals surface area (Å²) < 4.78 is 18.8. The quantitative estimate of drug-likeness (QED) is 0.559. The van der Waals surface area contributed by atoms with Crippen molar-refractivity contribution in [3.63, 3.8) is 0 Å². The number of ether oxygens (including phenoxy) is 1. The largest absolute Gasteiger partial charge is 0.493 e. The van der Waals surface area contributed by atoms with Gasteiger partial charge in [0.25, 0.3) is 11.1 Å². The molecule has 1 saturated heterocycles. The lowest BCUT2D eigenvalue weighted by Gasteiger charge is -2.13. The number of carbonyl (C=O) groups excluding carboxylic acids is 2. The Morgan fingerprint density at radius 1 is 1.18 bits per heavy atom. The Balaban J connectivity index is 1.72. The molecule has 7 heteroatoms. The molecule has 0 unspecified atom stereocenters. The topological polar surface area (TPSA) is 46.6 Å². The van der Waals surface area contributed by atoms with Crippen LogP contribution in [0, 0.1) is 11.7 Å². The van der Waals surface area contributed by atoms with Crippen LogP contribution in [0.15, 0.2) is 47.4 Å². The Morgan fingerprint density at radius 2 is 1.89 bits per heavy atom. The second-order valence-corrected chi connectivity index (χ2v) is 8.18. The van der Waals surface area contributed by atoms with E-state index in [9.17, 15) is 14.0 Å². The number of imide groups is 1. The third-order valence-electron chi connectivity index (χ3n) is 3.98. The van der Waals surface area contributed by atoms with Gasteiger partial charge >= 0.3 is 0 Å². The zero-order chi connectivity index (χ0) is 20.3. The number of hydrogen-bond donors (Lipinski definition) is 0. The Hall–Kier alpha value is -2.31. The van der Waals surface area contributed by atoms with Gasteiger partial charge in [-0.1, -0.05) is 43.6 Å². The molecule has 1 aliphatic heterocycles. The number of carbonyl (C=O) groups is 2. The van der Waals surface area contributed by atoms with Gasteiger partial charge in [0.15, 0.2) is 0 Å². The molecular formula is C21H19ClFNO3S. The van der Waals surface area contributed by atoms with Crippen molar-refractivity contribution >= 4 is 40.6 Å². The highest BCUT2D eigenvalue weighted by Gasteiger charge is 2.35. The Kier molecular flexibility index (Phi) is 6.42. The first-order valence-electron chi connectivity index (χ1n) is 8.75. The number of rotatable bonds is 6. The fourth-order valence-electron chi connectivity index (χ4n) is 2.53. The smallest absolute Gasteiger partial charge is 0.293 e. The van der Waals surface area contributed by atoms with Gasteiger partial charge in [-0.25, -0.2) is 4.39 Å².